The molecule has 0 bridgehead atoms. The van der Waals surface area contributed by atoms with Crippen LogP contribution in [0.2, 0.25) is 5.02 Å². The van der Waals surface area contributed by atoms with E-state index in [2.05, 4.69) is 37.1 Å². The summed E-state index contributed by atoms with van der Waals surface area (Å²) in [5, 5.41) is 23.5. The number of likely N-dealkylation sites (N-methyl/N-ethyl adjacent to an activating group) is 1. The Bertz CT molecular complexity index is 1200. The number of imidazole rings is 1. The van der Waals surface area contributed by atoms with E-state index in [-0.39, 0.29) is 17.5 Å². The fourth-order valence-corrected chi connectivity index (χ4v) is 3.87. The van der Waals surface area contributed by atoms with Crippen LogP contribution >= 0.6 is 11.6 Å². The molecular formula is C19H19ClInN9O. The monoisotopic (exact) mass is 539 g/mol. The molecule has 1 aromatic carbocycles. The molecular weight excluding hydrogens is 521 g/mol. The maximum absolute atomic E-state index is 12.2. The number of nitrogens with one attached hydrogen (secondary N) is 3. The number of hydrogen-bond donors (Lipinski definition) is 3. The van der Waals surface area contributed by atoms with E-state index in [0.717, 1.165) is 40.7 Å². The molecule has 3 N–H and O–H groups in total. The van der Waals surface area contributed by atoms with Crippen molar-refractivity contribution in [1.82, 2.24) is 24.5 Å². The Morgan fingerprint density at radius 2 is 2.13 bits per heavy atom. The molecule has 2 aromatic heterocycles. The molecule has 0 aliphatic heterocycles. The number of aromatic nitrogens is 4. The zero-order valence-electron chi connectivity index (χ0n) is 17.0. The summed E-state index contributed by atoms with van der Waals surface area (Å²) in [6, 6.07) is 5.62. The minimum atomic E-state index is -0.236. The fraction of sp³-hybridized carbons (Fsp3) is 0.316. The van der Waals surface area contributed by atoms with Gasteiger partial charge in [0, 0.05) is 0 Å². The average molecular weight is 540 g/mol. The predicted molar refractivity (Wildman–Crippen MR) is 119 cm³/mol. The van der Waals surface area contributed by atoms with E-state index in [1.165, 1.54) is 6.07 Å². The summed E-state index contributed by atoms with van der Waals surface area (Å²) < 4.78 is 2.74. The van der Waals surface area contributed by atoms with Crippen LogP contribution in [-0.4, -0.2) is 81.4 Å². The third-order valence-electron chi connectivity index (χ3n) is 4.49. The van der Waals surface area contributed by atoms with E-state index in [0.29, 0.717) is 40.4 Å². The second kappa shape index (κ2) is 8.90. The number of benzene rings is 1. The Labute approximate surface area is 198 Å². The van der Waals surface area contributed by atoms with E-state index in [4.69, 9.17) is 11.6 Å². The van der Waals surface area contributed by atoms with Crippen LogP contribution in [0.4, 0.5) is 23.1 Å². The van der Waals surface area contributed by atoms with Gasteiger partial charge in [0.15, 0.2) is 0 Å². The Kier molecular flexibility index (Phi) is 6.22. The average Bonchev–Trinajstić information content (AvgIpc) is 3.45. The minimum absolute atomic E-state index is 0.190. The van der Waals surface area contributed by atoms with Crippen LogP contribution in [-0.2, 0) is 4.79 Å². The summed E-state index contributed by atoms with van der Waals surface area (Å²) in [6.45, 7) is 0.190. The van der Waals surface area contributed by atoms with Crippen LogP contribution in [0.1, 0.15) is 18.4 Å². The van der Waals surface area contributed by atoms with Gasteiger partial charge < -0.3 is 0 Å². The molecule has 1 fully saturated rings. The molecule has 1 amide bonds. The van der Waals surface area contributed by atoms with Crippen molar-refractivity contribution >= 4 is 74.1 Å². The van der Waals surface area contributed by atoms with Crippen LogP contribution < -0.4 is 19.4 Å². The maximum atomic E-state index is 12.2. The molecule has 0 atom stereocenters. The summed E-state index contributed by atoms with van der Waals surface area (Å²) in [5.41, 5.74) is 1.79. The number of hydrogen-bond acceptors (Lipinski definition) is 8. The van der Waals surface area contributed by atoms with Crippen LogP contribution in [0.3, 0.4) is 0 Å². The molecule has 10 nitrogen and oxygen atoms in total. The fourth-order valence-electron chi connectivity index (χ4n) is 2.94. The van der Waals surface area contributed by atoms with E-state index in [9.17, 15) is 10.1 Å². The summed E-state index contributed by atoms with van der Waals surface area (Å²) >= 11 is 7.39. The Hall–Kier alpha value is -2.55. The van der Waals surface area contributed by atoms with Gasteiger partial charge in [-0.3, -0.25) is 0 Å². The SMILES string of the molecule is CN(C)CC(=O)Nc1cc(C#N)cc(Nc2nc(NC3CC3)c3nc[c]([In])n3n2)c1Cl. The molecule has 156 valence electrons. The van der Waals surface area contributed by atoms with Crippen molar-refractivity contribution in [3.05, 3.63) is 28.9 Å². The van der Waals surface area contributed by atoms with E-state index >= 15 is 0 Å². The molecule has 3 aromatic rings. The van der Waals surface area contributed by atoms with Crippen molar-refractivity contribution in [3.8, 4) is 6.07 Å². The van der Waals surface area contributed by atoms with E-state index in [1.807, 2.05) is 0 Å². The molecule has 1 aliphatic carbocycles. The first-order valence-corrected chi connectivity index (χ1v) is 11.6. The van der Waals surface area contributed by atoms with E-state index < -0.39 is 0 Å². The predicted octanol–water partition coefficient (Wildman–Crippen LogP) is 1.26. The summed E-state index contributed by atoms with van der Waals surface area (Å²) in [6.07, 6.45) is 3.98. The van der Waals surface area contributed by atoms with Crippen LogP contribution in [0.25, 0.3) is 5.65 Å². The summed E-state index contributed by atoms with van der Waals surface area (Å²) in [5.74, 6) is 0.722. The van der Waals surface area contributed by atoms with Gasteiger partial charge in [0.1, 0.15) is 0 Å². The molecule has 0 unspecified atom stereocenters. The van der Waals surface area contributed by atoms with Crippen molar-refractivity contribution in [3.63, 3.8) is 0 Å². The van der Waals surface area contributed by atoms with Gasteiger partial charge in [-0.05, 0) is 14.1 Å². The topological polar surface area (TPSA) is 123 Å². The number of nitriles is 1. The van der Waals surface area contributed by atoms with Crippen LogP contribution in [0.5, 0.6) is 0 Å². The summed E-state index contributed by atoms with van der Waals surface area (Å²) in [4.78, 5) is 22.9. The van der Waals surface area contributed by atoms with Gasteiger partial charge in [0.05, 0.1) is 0 Å². The number of anilines is 4. The van der Waals surface area contributed by atoms with Crippen LogP contribution in [0.15, 0.2) is 18.3 Å². The standard InChI is InChI=1S/C19H19ClN9O.In/c1-28(2)10-15(30)24-13-7-11(9-21)8-14(16(13)20)25-19-26-17(23-12-3-4-12)18-22-5-6-29(18)27-19;/h5,7-8,12H,3-4,10H2,1-2H3,(H,24,30)(H2,23,25,26,27);. The molecule has 1 aliphatic rings. The van der Waals surface area contributed by atoms with Gasteiger partial charge in [-0.2, -0.15) is 0 Å². The van der Waals surface area contributed by atoms with E-state index in [1.54, 1.807) is 35.8 Å². The Morgan fingerprint density at radius 1 is 1.39 bits per heavy atom. The third kappa shape index (κ3) is 5.03. The van der Waals surface area contributed by atoms with Crippen LogP contribution in [0, 0.1) is 11.3 Å². The molecule has 12 heteroatoms. The first-order chi connectivity index (χ1) is 14.8. The first kappa shape index (κ1) is 21.7. The van der Waals surface area contributed by atoms with Gasteiger partial charge in [-0.15, -0.1) is 0 Å². The molecule has 0 saturated heterocycles. The molecule has 0 spiro atoms. The first-order valence-electron chi connectivity index (χ1n) is 9.57. The Balaban J connectivity index is 1.69. The number of carbonyl (C=O) groups is 1. The molecule has 4 rings (SSSR count). The number of rotatable bonds is 7. The van der Waals surface area contributed by atoms with Gasteiger partial charge in [-0.1, -0.05) is 0 Å². The van der Waals surface area contributed by atoms with Gasteiger partial charge in [0.25, 0.3) is 0 Å². The van der Waals surface area contributed by atoms with Crippen molar-refractivity contribution in [2.45, 2.75) is 18.9 Å². The van der Waals surface area contributed by atoms with Crippen molar-refractivity contribution in [2.24, 2.45) is 0 Å². The van der Waals surface area contributed by atoms with Gasteiger partial charge in [0.2, 0.25) is 0 Å². The zero-order valence-corrected chi connectivity index (χ0v) is 21.0. The molecule has 1 saturated carbocycles. The molecule has 2 radical (unpaired) electrons. The zero-order chi connectivity index (χ0) is 22.1. The van der Waals surface area contributed by atoms with Crippen molar-refractivity contribution < 1.29 is 4.79 Å². The Morgan fingerprint density at radius 3 is 2.81 bits per heavy atom. The van der Waals surface area contributed by atoms with Gasteiger partial charge in [-0.25, -0.2) is 0 Å². The van der Waals surface area contributed by atoms with Crippen molar-refractivity contribution in [2.75, 3.05) is 36.6 Å². The quantitative estimate of drug-likeness (QED) is 0.410. The third-order valence-corrected chi connectivity index (χ3v) is 6.02. The number of carbonyl (C=O) groups excluding carboxylic acids is 1. The number of fused-ring (bicyclic) bond motifs is 1. The van der Waals surface area contributed by atoms with Gasteiger partial charge >= 0.3 is 185 Å². The number of amides is 1. The normalized spacial score (nSPS) is 13.3. The second-order valence-electron chi connectivity index (χ2n) is 7.53. The molecule has 2 heterocycles. The number of halogens is 1. The summed E-state index contributed by atoms with van der Waals surface area (Å²) in [7, 11) is 3.59. The van der Waals surface area contributed by atoms with Crippen molar-refractivity contribution in [1.29, 1.82) is 5.26 Å². The second-order valence-corrected chi connectivity index (χ2v) is 9.60. The number of nitrogens with zero attached hydrogens (tertiary/aromatic N) is 6. The molecule has 31 heavy (non-hydrogen) atoms.